The summed E-state index contributed by atoms with van der Waals surface area (Å²) < 4.78 is 13.0. The molecule has 2 aromatic rings. The Morgan fingerprint density at radius 1 is 1.17 bits per heavy atom. The first kappa shape index (κ1) is 16.1. The highest BCUT2D eigenvalue weighted by atomic mass is 19.1. The Balaban J connectivity index is 1.57. The molecule has 122 valence electrons. The van der Waals surface area contributed by atoms with Crippen molar-refractivity contribution in [2.24, 2.45) is 5.41 Å². The van der Waals surface area contributed by atoms with Crippen molar-refractivity contribution >= 4 is 0 Å². The third-order valence-corrected chi connectivity index (χ3v) is 4.84. The van der Waals surface area contributed by atoms with Crippen molar-refractivity contribution in [3.05, 3.63) is 65.7 Å². The minimum atomic E-state index is -0.200. The maximum atomic E-state index is 13.0. The first-order valence-corrected chi connectivity index (χ1v) is 8.16. The zero-order chi connectivity index (χ0) is 16.1. The van der Waals surface area contributed by atoms with Crippen molar-refractivity contribution in [2.45, 2.75) is 25.8 Å². The molecule has 0 saturated carbocycles. The number of pyridine rings is 1. The Kier molecular flexibility index (Phi) is 5.03. The van der Waals surface area contributed by atoms with Gasteiger partial charge in [0, 0.05) is 37.5 Å². The van der Waals surface area contributed by atoms with Gasteiger partial charge < -0.3 is 5.11 Å². The van der Waals surface area contributed by atoms with Crippen molar-refractivity contribution in [2.75, 3.05) is 19.7 Å². The van der Waals surface area contributed by atoms with Crippen LogP contribution < -0.4 is 0 Å². The van der Waals surface area contributed by atoms with Crippen LogP contribution in [0.2, 0.25) is 0 Å². The molecule has 1 aromatic heterocycles. The fraction of sp³-hybridized carbons (Fsp3) is 0.421. The molecule has 0 radical (unpaired) electrons. The van der Waals surface area contributed by atoms with Gasteiger partial charge in [-0.15, -0.1) is 0 Å². The van der Waals surface area contributed by atoms with E-state index in [1.165, 1.54) is 17.7 Å². The number of rotatable bonds is 6. The van der Waals surface area contributed by atoms with E-state index in [-0.39, 0.29) is 17.8 Å². The molecule has 1 N–H and O–H groups in total. The van der Waals surface area contributed by atoms with Gasteiger partial charge in [-0.2, -0.15) is 0 Å². The van der Waals surface area contributed by atoms with E-state index >= 15 is 0 Å². The van der Waals surface area contributed by atoms with Crippen molar-refractivity contribution < 1.29 is 9.50 Å². The molecule has 3 nitrogen and oxygen atoms in total. The number of likely N-dealkylation sites (tertiary alicyclic amines) is 1. The van der Waals surface area contributed by atoms with E-state index in [1.54, 1.807) is 6.20 Å². The number of halogens is 1. The van der Waals surface area contributed by atoms with Gasteiger partial charge in [0.2, 0.25) is 0 Å². The molecule has 0 unspecified atom stereocenters. The first-order chi connectivity index (χ1) is 11.2. The normalized spacial score (nSPS) is 21.7. The van der Waals surface area contributed by atoms with E-state index in [1.807, 2.05) is 24.4 Å². The quantitative estimate of drug-likeness (QED) is 0.890. The van der Waals surface area contributed by atoms with Crippen molar-refractivity contribution in [1.82, 2.24) is 9.88 Å². The highest BCUT2D eigenvalue weighted by molar-refractivity contribution is 5.16. The van der Waals surface area contributed by atoms with Crippen LogP contribution in [0.3, 0.4) is 0 Å². The predicted molar refractivity (Wildman–Crippen MR) is 88.4 cm³/mol. The largest absolute Gasteiger partial charge is 0.396 e. The monoisotopic (exact) mass is 314 g/mol. The maximum Gasteiger partial charge on any atom is 0.123 e. The maximum absolute atomic E-state index is 13.0. The zero-order valence-electron chi connectivity index (χ0n) is 13.3. The van der Waals surface area contributed by atoms with E-state index in [0.717, 1.165) is 44.5 Å². The van der Waals surface area contributed by atoms with Crippen LogP contribution in [0.25, 0.3) is 0 Å². The second-order valence-electron chi connectivity index (χ2n) is 6.61. The summed E-state index contributed by atoms with van der Waals surface area (Å²) in [6.07, 6.45) is 6.50. The van der Waals surface area contributed by atoms with E-state index in [9.17, 15) is 9.50 Å². The molecule has 1 saturated heterocycles. The van der Waals surface area contributed by atoms with Gasteiger partial charge in [-0.05, 0) is 55.1 Å². The Morgan fingerprint density at radius 3 is 2.70 bits per heavy atom. The molecule has 0 spiro atoms. The number of hydrogen-bond acceptors (Lipinski definition) is 3. The molecule has 1 atom stereocenters. The highest BCUT2D eigenvalue weighted by Crippen LogP contribution is 2.35. The van der Waals surface area contributed by atoms with Crippen LogP contribution in [-0.2, 0) is 13.0 Å². The molecular formula is C19H23FN2O. The van der Waals surface area contributed by atoms with Gasteiger partial charge in [-0.1, -0.05) is 18.2 Å². The zero-order valence-corrected chi connectivity index (χ0v) is 13.3. The SMILES string of the molecule is OC[C@]1(CCc2ccc(F)cc2)CCN(Cc2cccnc2)C1. The van der Waals surface area contributed by atoms with Crippen LogP contribution in [0.4, 0.5) is 4.39 Å². The lowest BCUT2D eigenvalue weighted by molar-refractivity contribution is 0.118. The molecule has 1 aliphatic heterocycles. The Morgan fingerprint density at radius 2 is 2.00 bits per heavy atom. The summed E-state index contributed by atoms with van der Waals surface area (Å²) in [6.45, 7) is 2.99. The van der Waals surface area contributed by atoms with Gasteiger partial charge in [0.25, 0.3) is 0 Å². The fourth-order valence-electron chi connectivity index (χ4n) is 3.39. The Labute approximate surface area is 136 Å². The third kappa shape index (κ3) is 4.15. The Hall–Kier alpha value is -1.78. The highest BCUT2D eigenvalue weighted by Gasteiger charge is 2.37. The van der Waals surface area contributed by atoms with E-state index in [2.05, 4.69) is 16.0 Å². The molecular weight excluding hydrogens is 291 g/mol. The van der Waals surface area contributed by atoms with E-state index in [4.69, 9.17) is 0 Å². The fourth-order valence-corrected chi connectivity index (χ4v) is 3.39. The van der Waals surface area contributed by atoms with Crippen LogP contribution in [0.1, 0.15) is 24.0 Å². The standard InChI is InChI=1S/C19H23FN2O/c20-18-5-3-16(4-6-18)7-8-19(15-23)9-11-22(14-19)13-17-2-1-10-21-12-17/h1-6,10,12,23H,7-9,11,13-15H2/t19-/m1/s1. The number of aryl methyl sites for hydroxylation is 1. The number of aliphatic hydroxyl groups excluding tert-OH is 1. The molecule has 3 rings (SSSR count). The number of hydrogen-bond donors (Lipinski definition) is 1. The van der Waals surface area contributed by atoms with Crippen LogP contribution in [0, 0.1) is 11.2 Å². The topological polar surface area (TPSA) is 36.4 Å². The van der Waals surface area contributed by atoms with Gasteiger partial charge in [0.05, 0.1) is 0 Å². The van der Waals surface area contributed by atoms with Crippen molar-refractivity contribution in [3.8, 4) is 0 Å². The van der Waals surface area contributed by atoms with Crippen LogP contribution in [0.5, 0.6) is 0 Å². The summed E-state index contributed by atoms with van der Waals surface area (Å²) in [5, 5.41) is 9.92. The number of nitrogens with zero attached hydrogens (tertiary/aromatic N) is 2. The van der Waals surface area contributed by atoms with Crippen LogP contribution in [-0.4, -0.2) is 34.7 Å². The first-order valence-electron chi connectivity index (χ1n) is 8.16. The van der Waals surface area contributed by atoms with Gasteiger partial charge in [0.1, 0.15) is 5.82 Å². The molecule has 0 aliphatic carbocycles. The smallest absolute Gasteiger partial charge is 0.123 e. The average Bonchev–Trinajstić information content (AvgIpc) is 2.99. The lowest BCUT2D eigenvalue weighted by Gasteiger charge is -2.27. The summed E-state index contributed by atoms with van der Waals surface area (Å²) in [5.74, 6) is -0.200. The van der Waals surface area contributed by atoms with Gasteiger partial charge in [-0.3, -0.25) is 9.88 Å². The second kappa shape index (κ2) is 7.20. The van der Waals surface area contributed by atoms with Gasteiger partial charge in [-0.25, -0.2) is 4.39 Å². The molecule has 1 aliphatic rings. The number of aliphatic hydroxyl groups is 1. The summed E-state index contributed by atoms with van der Waals surface area (Å²) in [7, 11) is 0. The molecule has 0 amide bonds. The number of aromatic nitrogens is 1. The lowest BCUT2D eigenvalue weighted by Crippen LogP contribution is -2.31. The molecule has 23 heavy (non-hydrogen) atoms. The average molecular weight is 314 g/mol. The molecule has 0 bridgehead atoms. The second-order valence-corrected chi connectivity index (χ2v) is 6.61. The third-order valence-electron chi connectivity index (χ3n) is 4.84. The lowest BCUT2D eigenvalue weighted by atomic mass is 9.82. The van der Waals surface area contributed by atoms with Crippen molar-refractivity contribution in [1.29, 1.82) is 0 Å². The summed E-state index contributed by atoms with van der Waals surface area (Å²) in [5.41, 5.74) is 2.29. The minimum Gasteiger partial charge on any atom is -0.396 e. The van der Waals surface area contributed by atoms with Gasteiger partial charge >= 0.3 is 0 Å². The molecule has 1 aromatic carbocycles. The van der Waals surface area contributed by atoms with Crippen LogP contribution in [0.15, 0.2) is 48.8 Å². The van der Waals surface area contributed by atoms with E-state index in [0.29, 0.717) is 0 Å². The van der Waals surface area contributed by atoms with Crippen molar-refractivity contribution in [3.63, 3.8) is 0 Å². The van der Waals surface area contributed by atoms with Gasteiger partial charge in [0.15, 0.2) is 0 Å². The minimum absolute atomic E-state index is 0.0450. The summed E-state index contributed by atoms with van der Waals surface area (Å²) >= 11 is 0. The molecule has 4 heteroatoms. The van der Waals surface area contributed by atoms with E-state index < -0.39 is 0 Å². The Bertz CT molecular complexity index is 617. The summed E-state index contributed by atoms with van der Waals surface area (Å²) in [4.78, 5) is 6.55. The summed E-state index contributed by atoms with van der Waals surface area (Å²) in [6, 6.07) is 10.7. The van der Waals surface area contributed by atoms with Crippen LogP contribution >= 0.6 is 0 Å². The predicted octanol–water partition coefficient (Wildman–Crippen LogP) is 3.04. The molecule has 2 heterocycles. The molecule has 1 fully saturated rings. The number of benzene rings is 1.